The van der Waals surface area contributed by atoms with Gasteiger partial charge in [-0.2, -0.15) is 0 Å². The molecule has 1 aliphatic rings. The van der Waals surface area contributed by atoms with E-state index in [1.165, 1.54) is 12.8 Å². The maximum Gasteiger partial charge on any atom is 0.335 e. The highest BCUT2D eigenvalue weighted by Gasteiger charge is 2.22. The smallest absolute Gasteiger partial charge is 0.335 e. The van der Waals surface area contributed by atoms with E-state index in [4.69, 9.17) is 0 Å². The molecule has 0 amide bonds. The number of nitrogens with one attached hydrogen (secondary N) is 1. The zero-order chi connectivity index (χ0) is 15.6. The van der Waals surface area contributed by atoms with Gasteiger partial charge in [0.1, 0.15) is 5.82 Å². The minimum atomic E-state index is -0.900. The van der Waals surface area contributed by atoms with Crippen molar-refractivity contribution in [1.82, 2.24) is 4.98 Å². The standard InChI is InChI=1S/C17H26N2O2/c1-11-6-5-7-13(8-11)18-15-10-12(16(20)21)9-14(19-15)17(2,3)4/h9-11,13H,5-8H2,1-4H3,(H,18,19)(H,20,21). The fourth-order valence-corrected chi connectivity index (χ4v) is 2.89. The number of anilines is 1. The van der Waals surface area contributed by atoms with Crippen LogP contribution in [0.1, 0.15) is 69.4 Å². The second-order valence-electron chi connectivity index (χ2n) is 7.29. The average molecular weight is 290 g/mol. The van der Waals surface area contributed by atoms with Crippen LogP contribution in [0, 0.1) is 5.92 Å². The van der Waals surface area contributed by atoms with Crippen LogP contribution < -0.4 is 5.32 Å². The third-order valence-electron chi connectivity index (χ3n) is 4.13. The zero-order valence-corrected chi connectivity index (χ0v) is 13.4. The number of carboxylic acid groups (broad SMARTS) is 1. The number of hydrogen-bond acceptors (Lipinski definition) is 3. The molecule has 0 aliphatic heterocycles. The van der Waals surface area contributed by atoms with Gasteiger partial charge in [-0.1, -0.05) is 40.5 Å². The topological polar surface area (TPSA) is 62.2 Å². The van der Waals surface area contributed by atoms with Crippen molar-refractivity contribution in [3.8, 4) is 0 Å². The molecule has 0 aromatic carbocycles. The molecule has 1 aromatic heterocycles. The highest BCUT2D eigenvalue weighted by atomic mass is 16.4. The lowest BCUT2D eigenvalue weighted by atomic mass is 9.87. The molecule has 116 valence electrons. The molecule has 0 saturated heterocycles. The van der Waals surface area contributed by atoms with Crippen LogP contribution in [-0.2, 0) is 5.41 Å². The van der Waals surface area contributed by atoms with Crippen LogP contribution in [0.2, 0.25) is 0 Å². The van der Waals surface area contributed by atoms with E-state index in [0.29, 0.717) is 17.4 Å². The predicted octanol–water partition coefficient (Wildman–Crippen LogP) is 4.07. The van der Waals surface area contributed by atoms with Crippen LogP contribution in [0.25, 0.3) is 0 Å². The van der Waals surface area contributed by atoms with E-state index in [-0.39, 0.29) is 5.41 Å². The van der Waals surface area contributed by atoms with Gasteiger partial charge in [-0.15, -0.1) is 0 Å². The summed E-state index contributed by atoms with van der Waals surface area (Å²) in [6.45, 7) is 8.42. The van der Waals surface area contributed by atoms with Crippen molar-refractivity contribution in [3.05, 3.63) is 23.4 Å². The molecule has 1 aliphatic carbocycles. The van der Waals surface area contributed by atoms with Crippen LogP contribution in [0.15, 0.2) is 12.1 Å². The first kappa shape index (κ1) is 15.8. The van der Waals surface area contributed by atoms with Crippen molar-refractivity contribution in [3.63, 3.8) is 0 Å². The Hall–Kier alpha value is -1.58. The molecule has 0 bridgehead atoms. The third kappa shape index (κ3) is 4.19. The summed E-state index contributed by atoms with van der Waals surface area (Å²) in [4.78, 5) is 16.0. The summed E-state index contributed by atoms with van der Waals surface area (Å²) in [5, 5.41) is 12.7. The number of rotatable bonds is 3. The first-order chi connectivity index (χ1) is 9.75. The molecule has 0 spiro atoms. The molecule has 2 N–H and O–H groups in total. The highest BCUT2D eigenvalue weighted by Crippen LogP contribution is 2.28. The van der Waals surface area contributed by atoms with Gasteiger partial charge in [0.15, 0.2) is 0 Å². The molecule has 0 radical (unpaired) electrons. The minimum Gasteiger partial charge on any atom is -0.478 e. The zero-order valence-electron chi connectivity index (χ0n) is 13.4. The van der Waals surface area contributed by atoms with Gasteiger partial charge in [0, 0.05) is 17.2 Å². The quantitative estimate of drug-likeness (QED) is 0.881. The van der Waals surface area contributed by atoms with E-state index in [9.17, 15) is 9.90 Å². The Morgan fingerprint density at radius 3 is 2.62 bits per heavy atom. The van der Waals surface area contributed by atoms with Gasteiger partial charge < -0.3 is 10.4 Å². The second kappa shape index (κ2) is 6.04. The lowest BCUT2D eigenvalue weighted by Crippen LogP contribution is -2.27. The van der Waals surface area contributed by atoms with E-state index in [1.807, 2.05) is 20.8 Å². The molecule has 21 heavy (non-hydrogen) atoms. The van der Waals surface area contributed by atoms with Crippen molar-refractivity contribution < 1.29 is 9.90 Å². The summed E-state index contributed by atoms with van der Waals surface area (Å²) in [7, 11) is 0. The minimum absolute atomic E-state index is 0.165. The molecule has 2 unspecified atom stereocenters. The molecule has 4 nitrogen and oxygen atoms in total. The summed E-state index contributed by atoms with van der Waals surface area (Å²) in [5.41, 5.74) is 0.955. The summed E-state index contributed by atoms with van der Waals surface area (Å²) < 4.78 is 0. The number of carboxylic acids is 1. The van der Waals surface area contributed by atoms with Crippen LogP contribution in [-0.4, -0.2) is 22.1 Å². The number of hydrogen-bond donors (Lipinski definition) is 2. The van der Waals surface area contributed by atoms with E-state index >= 15 is 0 Å². The Labute approximate surface area is 127 Å². The van der Waals surface area contributed by atoms with E-state index < -0.39 is 5.97 Å². The summed E-state index contributed by atoms with van der Waals surface area (Å²) in [6, 6.07) is 3.73. The van der Waals surface area contributed by atoms with Gasteiger partial charge in [-0.25, -0.2) is 9.78 Å². The molecule has 4 heteroatoms. The van der Waals surface area contributed by atoms with Gasteiger partial charge in [-0.05, 0) is 30.9 Å². The van der Waals surface area contributed by atoms with Crippen molar-refractivity contribution in [1.29, 1.82) is 0 Å². The molecule has 1 saturated carbocycles. The van der Waals surface area contributed by atoms with Gasteiger partial charge in [0.05, 0.1) is 5.56 Å². The molecular formula is C17H26N2O2. The number of nitrogens with zero attached hydrogens (tertiary/aromatic N) is 1. The Bertz CT molecular complexity index is 520. The highest BCUT2D eigenvalue weighted by molar-refractivity contribution is 5.88. The molecular weight excluding hydrogens is 264 g/mol. The summed E-state index contributed by atoms with van der Waals surface area (Å²) >= 11 is 0. The average Bonchev–Trinajstić information content (AvgIpc) is 2.37. The van der Waals surface area contributed by atoms with Crippen LogP contribution in [0.5, 0.6) is 0 Å². The molecule has 1 heterocycles. The predicted molar refractivity (Wildman–Crippen MR) is 84.9 cm³/mol. The number of aromatic carboxylic acids is 1. The lowest BCUT2D eigenvalue weighted by molar-refractivity contribution is 0.0696. The van der Waals surface area contributed by atoms with Gasteiger partial charge in [0.25, 0.3) is 0 Å². The summed E-state index contributed by atoms with van der Waals surface area (Å²) in [5.74, 6) is 0.517. The Morgan fingerprint density at radius 1 is 1.33 bits per heavy atom. The molecule has 2 rings (SSSR count). The number of carbonyl (C=O) groups is 1. The summed E-state index contributed by atoms with van der Waals surface area (Å²) in [6.07, 6.45) is 4.77. The molecule has 1 fully saturated rings. The van der Waals surface area contributed by atoms with Gasteiger partial charge in [-0.3, -0.25) is 0 Å². The van der Waals surface area contributed by atoms with E-state index in [2.05, 4.69) is 17.2 Å². The Balaban J connectivity index is 2.25. The fraction of sp³-hybridized carbons (Fsp3) is 0.647. The second-order valence-corrected chi connectivity index (χ2v) is 7.29. The van der Waals surface area contributed by atoms with Crippen LogP contribution in [0.4, 0.5) is 5.82 Å². The van der Waals surface area contributed by atoms with Gasteiger partial charge in [0.2, 0.25) is 0 Å². The van der Waals surface area contributed by atoms with E-state index in [0.717, 1.165) is 24.5 Å². The van der Waals surface area contributed by atoms with E-state index in [1.54, 1.807) is 12.1 Å². The molecule has 1 aromatic rings. The first-order valence-corrected chi connectivity index (χ1v) is 7.78. The van der Waals surface area contributed by atoms with Crippen molar-refractivity contribution in [2.24, 2.45) is 5.92 Å². The Morgan fingerprint density at radius 2 is 2.05 bits per heavy atom. The normalized spacial score (nSPS) is 22.9. The van der Waals surface area contributed by atoms with Crippen LogP contribution >= 0.6 is 0 Å². The monoisotopic (exact) mass is 290 g/mol. The van der Waals surface area contributed by atoms with Crippen molar-refractivity contribution >= 4 is 11.8 Å². The number of pyridine rings is 1. The first-order valence-electron chi connectivity index (χ1n) is 7.78. The molecule has 2 atom stereocenters. The number of aromatic nitrogens is 1. The SMILES string of the molecule is CC1CCCC(Nc2cc(C(=O)O)cc(C(C)(C)C)n2)C1. The Kier molecular flexibility index (Phi) is 4.55. The fourth-order valence-electron chi connectivity index (χ4n) is 2.89. The van der Waals surface area contributed by atoms with Crippen molar-refractivity contribution in [2.45, 2.75) is 64.8 Å². The van der Waals surface area contributed by atoms with Gasteiger partial charge >= 0.3 is 5.97 Å². The maximum absolute atomic E-state index is 11.3. The maximum atomic E-state index is 11.3. The third-order valence-corrected chi connectivity index (χ3v) is 4.13. The lowest BCUT2D eigenvalue weighted by Gasteiger charge is -2.28. The largest absolute Gasteiger partial charge is 0.478 e. The van der Waals surface area contributed by atoms with Crippen molar-refractivity contribution in [2.75, 3.05) is 5.32 Å². The van der Waals surface area contributed by atoms with Crippen LogP contribution in [0.3, 0.4) is 0 Å².